The summed E-state index contributed by atoms with van der Waals surface area (Å²) in [5, 5.41) is 2.80. The Hall–Kier alpha value is -3.09. The number of carbonyl (C=O) groups excluding carboxylic acids is 1. The molecule has 27 heavy (non-hydrogen) atoms. The second kappa shape index (κ2) is 10.2. The van der Waals surface area contributed by atoms with E-state index < -0.39 is 0 Å². The van der Waals surface area contributed by atoms with Crippen LogP contribution in [0.2, 0.25) is 0 Å². The Bertz CT molecular complexity index is 720. The summed E-state index contributed by atoms with van der Waals surface area (Å²) in [6.07, 6.45) is 0. The maximum absolute atomic E-state index is 12.4. The van der Waals surface area contributed by atoms with E-state index in [9.17, 15) is 4.79 Å². The van der Waals surface area contributed by atoms with Gasteiger partial charge in [-0.2, -0.15) is 0 Å². The molecule has 0 aromatic heterocycles. The fourth-order valence-electron chi connectivity index (χ4n) is 2.45. The maximum atomic E-state index is 12.4. The number of methoxy groups -OCH3 is 3. The first-order valence-corrected chi connectivity index (χ1v) is 8.56. The first kappa shape index (κ1) is 20.2. The first-order valence-electron chi connectivity index (χ1n) is 8.56. The Morgan fingerprint density at radius 1 is 0.889 bits per heavy atom. The molecule has 2 aromatic rings. The first-order chi connectivity index (χ1) is 13.1. The van der Waals surface area contributed by atoms with E-state index in [1.165, 1.54) is 21.3 Å². The molecule has 0 unspecified atom stereocenters. The van der Waals surface area contributed by atoms with Gasteiger partial charge in [-0.05, 0) is 43.3 Å². The molecule has 0 spiro atoms. The van der Waals surface area contributed by atoms with E-state index in [2.05, 4.69) is 5.32 Å². The van der Waals surface area contributed by atoms with Crippen molar-refractivity contribution in [3.05, 3.63) is 42.0 Å². The minimum atomic E-state index is -0.260. The molecule has 2 aromatic carbocycles. The molecule has 2 rings (SSSR count). The maximum Gasteiger partial charge on any atom is 0.251 e. The van der Waals surface area contributed by atoms with Crippen molar-refractivity contribution in [1.29, 1.82) is 0 Å². The molecular weight excluding hydrogens is 350 g/mol. The number of carbonyl (C=O) groups is 1. The average Bonchev–Trinajstić information content (AvgIpc) is 2.71. The minimum absolute atomic E-state index is 0.260. The molecule has 0 atom stereocenters. The molecule has 1 N–H and O–H groups in total. The molecule has 0 saturated heterocycles. The van der Waals surface area contributed by atoms with Gasteiger partial charge in [-0.3, -0.25) is 4.79 Å². The molecule has 0 aliphatic rings. The highest BCUT2D eigenvalue weighted by Gasteiger charge is 2.16. The summed E-state index contributed by atoms with van der Waals surface area (Å²) in [6, 6.07) is 10.5. The molecule has 0 heterocycles. The van der Waals surface area contributed by atoms with Crippen LogP contribution in [0, 0.1) is 0 Å². The third kappa shape index (κ3) is 5.44. The third-order valence-corrected chi connectivity index (χ3v) is 3.72. The van der Waals surface area contributed by atoms with Crippen molar-refractivity contribution < 1.29 is 28.5 Å². The fourth-order valence-corrected chi connectivity index (χ4v) is 2.45. The van der Waals surface area contributed by atoms with E-state index in [0.29, 0.717) is 48.3 Å². The van der Waals surface area contributed by atoms with E-state index in [1.807, 2.05) is 31.2 Å². The van der Waals surface area contributed by atoms with Gasteiger partial charge in [0.1, 0.15) is 18.1 Å². The molecule has 7 heteroatoms. The molecular formula is C20H25NO6. The molecule has 0 saturated carbocycles. The summed E-state index contributed by atoms with van der Waals surface area (Å²) in [5.41, 5.74) is 0.408. The Balaban J connectivity index is 1.90. The second-order valence-corrected chi connectivity index (χ2v) is 5.42. The van der Waals surface area contributed by atoms with Crippen LogP contribution in [-0.4, -0.2) is 47.0 Å². The molecule has 0 bridgehead atoms. The number of ether oxygens (including phenoxy) is 5. The van der Waals surface area contributed by atoms with Crippen molar-refractivity contribution in [2.24, 2.45) is 0 Å². The third-order valence-electron chi connectivity index (χ3n) is 3.72. The lowest BCUT2D eigenvalue weighted by molar-refractivity contribution is 0.0946. The van der Waals surface area contributed by atoms with Crippen LogP contribution in [0.25, 0.3) is 0 Å². The van der Waals surface area contributed by atoms with Gasteiger partial charge in [0, 0.05) is 5.56 Å². The van der Waals surface area contributed by atoms with Gasteiger partial charge in [0.05, 0.1) is 34.5 Å². The van der Waals surface area contributed by atoms with Crippen molar-refractivity contribution in [2.45, 2.75) is 6.92 Å². The second-order valence-electron chi connectivity index (χ2n) is 5.42. The van der Waals surface area contributed by atoms with Crippen LogP contribution in [-0.2, 0) is 0 Å². The smallest absolute Gasteiger partial charge is 0.251 e. The number of nitrogens with one attached hydrogen (secondary N) is 1. The van der Waals surface area contributed by atoms with E-state index >= 15 is 0 Å². The van der Waals surface area contributed by atoms with Crippen LogP contribution < -0.4 is 29.0 Å². The van der Waals surface area contributed by atoms with Crippen LogP contribution in [0.15, 0.2) is 36.4 Å². The van der Waals surface area contributed by atoms with E-state index in [0.717, 1.165) is 5.75 Å². The van der Waals surface area contributed by atoms with Crippen LogP contribution in [0.5, 0.6) is 28.7 Å². The zero-order chi connectivity index (χ0) is 19.6. The van der Waals surface area contributed by atoms with Crippen LogP contribution in [0.1, 0.15) is 17.3 Å². The van der Waals surface area contributed by atoms with Gasteiger partial charge in [0.2, 0.25) is 5.75 Å². The van der Waals surface area contributed by atoms with Gasteiger partial charge in [0.25, 0.3) is 5.91 Å². The summed E-state index contributed by atoms with van der Waals surface area (Å²) in [7, 11) is 4.52. The molecule has 0 aliphatic heterocycles. The molecule has 146 valence electrons. The summed E-state index contributed by atoms with van der Waals surface area (Å²) in [6.45, 7) is 3.24. The Morgan fingerprint density at radius 3 is 1.93 bits per heavy atom. The topological polar surface area (TPSA) is 75.3 Å². The minimum Gasteiger partial charge on any atom is -0.494 e. The van der Waals surface area contributed by atoms with Crippen LogP contribution in [0.4, 0.5) is 0 Å². The van der Waals surface area contributed by atoms with Gasteiger partial charge in [0.15, 0.2) is 11.5 Å². The van der Waals surface area contributed by atoms with Gasteiger partial charge >= 0.3 is 0 Å². The van der Waals surface area contributed by atoms with E-state index in [1.54, 1.807) is 12.1 Å². The van der Waals surface area contributed by atoms with Crippen LogP contribution >= 0.6 is 0 Å². The van der Waals surface area contributed by atoms with Crippen molar-refractivity contribution in [3.8, 4) is 28.7 Å². The number of hydrogen-bond donors (Lipinski definition) is 1. The molecule has 0 fully saturated rings. The van der Waals surface area contributed by atoms with Crippen molar-refractivity contribution in [2.75, 3.05) is 41.1 Å². The lowest BCUT2D eigenvalue weighted by atomic mass is 10.1. The highest BCUT2D eigenvalue weighted by molar-refractivity contribution is 5.95. The quantitative estimate of drug-likeness (QED) is 0.644. The van der Waals surface area contributed by atoms with E-state index in [-0.39, 0.29) is 5.91 Å². The largest absolute Gasteiger partial charge is 0.494 e. The normalized spacial score (nSPS) is 10.1. The van der Waals surface area contributed by atoms with Crippen LogP contribution in [0.3, 0.4) is 0 Å². The Morgan fingerprint density at radius 2 is 1.44 bits per heavy atom. The van der Waals surface area contributed by atoms with Crippen molar-refractivity contribution >= 4 is 5.91 Å². The fraction of sp³-hybridized carbons (Fsp3) is 0.350. The van der Waals surface area contributed by atoms with Crippen molar-refractivity contribution in [1.82, 2.24) is 5.32 Å². The number of rotatable bonds is 10. The lowest BCUT2D eigenvalue weighted by Crippen LogP contribution is -2.28. The van der Waals surface area contributed by atoms with Gasteiger partial charge < -0.3 is 29.0 Å². The Labute approximate surface area is 159 Å². The zero-order valence-corrected chi connectivity index (χ0v) is 16.0. The molecule has 0 radical (unpaired) electrons. The predicted octanol–water partition coefficient (Wildman–Crippen LogP) is 2.92. The zero-order valence-electron chi connectivity index (χ0n) is 16.0. The highest BCUT2D eigenvalue weighted by atomic mass is 16.5. The summed E-state index contributed by atoms with van der Waals surface area (Å²) in [5.74, 6) is 2.53. The number of hydrogen-bond acceptors (Lipinski definition) is 6. The van der Waals surface area contributed by atoms with E-state index in [4.69, 9.17) is 23.7 Å². The average molecular weight is 375 g/mol. The predicted molar refractivity (Wildman–Crippen MR) is 102 cm³/mol. The highest BCUT2D eigenvalue weighted by Crippen LogP contribution is 2.38. The molecule has 7 nitrogen and oxygen atoms in total. The molecule has 0 aliphatic carbocycles. The van der Waals surface area contributed by atoms with Gasteiger partial charge in [-0.25, -0.2) is 0 Å². The van der Waals surface area contributed by atoms with Crippen molar-refractivity contribution in [3.63, 3.8) is 0 Å². The Kier molecular flexibility index (Phi) is 7.61. The SMILES string of the molecule is CCOc1ccc(OCCNC(=O)c2cc(OC)c(OC)c(OC)c2)cc1. The monoisotopic (exact) mass is 375 g/mol. The summed E-state index contributed by atoms with van der Waals surface area (Å²) in [4.78, 5) is 12.4. The molecule has 1 amide bonds. The summed E-state index contributed by atoms with van der Waals surface area (Å²) < 4.78 is 26.8. The standard InChI is InChI=1S/C20H25NO6/c1-5-26-15-6-8-16(9-7-15)27-11-10-21-20(22)14-12-17(23-2)19(25-4)18(13-14)24-3/h6-9,12-13H,5,10-11H2,1-4H3,(H,21,22). The van der Waals surface area contributed by atoms with Gasteiger partial charge in [-0.1, -0.05) is 0 Å². The van der Waals surface area contributed by atoms with Gasteiger partial charge in [-0.15, -0.1) is 0 Å². The lowest BCUT2D eigenvalue weighted by Gasteiger charge is -2.14. The number of amides is 1. The number of benzene rings is 2. The summed E-state index contributed by atoms with van der Waals surface area (Å²) >= 11 is 0.